The molecule has 0 aliphatic carbocycles. The van der Waals surface area contributed by atoms with E-state index in [1.807, 2.05) is 6.07 Å². The smallest absolute Gasteiger partial charge is 0.183 e. The summed E-state index contributed by atoms with van der Waals surface area (Å²) in [6.07, 6.45) is 0.832. The normalized spacial score (nSPS) is 13.1. The average Bonchev–Trinajstić information content (AvgIpc) is 2.46. The molecule has 0 aromatic carbocycles. The minimum atomic E-state index is 0.251. The Bertz CT molecular complexity index is 282. The number of hydrogen-bond acceptors (Lipinski definition) is 3. The Kier molecular flexibility index (Phi) is 5.89. The largest absolute Gasteiger partial charge is 0.452 e. The first-order valence-electron chi connectivity index (χ1n) is 4.88. The molecule has 1 aromatic heterocycles. The van der Waals surface area contributed by atoms with Crippen molar-refractivity contribution >= 4 is 31.9 Å². The van der Waals surface area contributed by atoms with E-state index in [2.05, 4.69) is 44.1 Å². The SMILES string of the molecule is CC(CCO)CNCc1cc(Br)c(Br)o1. The van der Waals surface area contributed by atoms with E-state index < -0.39 is 0 Å². The topological polar surface area (TPSA) is 45.4 Å². The molecule has 1 atom stereocenters. The molecule has 0 saturated carbocycles. The van der Waals surface area contributed by atoms with Crippen LogP contribution < -0.4 is 5.32 Å². The molecule has 1 unspecified atom stereocenters. The second kappa shape index (κ2) is 6.68. The number of hydrogen-bond donors (Lipinski definition) is 2. The number of nitrogens with one attached hydrogen (secondary N) is 1. The number of aliphatic hydroxyl groups excluding tert-OH is 1. The predicted molar refractivity (Wildman–Crippen MR) is 66.7 cm³/mol. The van der Waals surface area contributed by atoms with Crippen LogP contribution in [-0.4, -0.2) is 18.3 Å². The van der Waals surface area contributed by atoms with Crippen molar-refractivity contribution in [1.29, 1.82) is 0 Å². The first-order valence-corrected chi connectivity index (χ1v) is 6.47. The van der Waals surface area contributed by atoms with Crippen LogP contribution in [0.1, 0.15) is 19.1 Å². The second-order valence-corrected chi connectivity index (χ2v) is 5.16. The summed E-state index contributed by atoms with van der Waals surface area (Å²) < 4.78 is 7.07. The Morgan fingerprint density at radius 3 is 2.80 bits per heavy atom. The standard InChI is InChI=1S/C10H15Br2NO2/c1-7(2-3-14)5-13-6-8-4-9(11)10(12)15-8/h4,7,13-14H,2-3,5-6H2,1H3. The number of halogens is 2. The zero-order valence-electron chi connectivity index (χ0n) is 8.59. The van der Waals surface area contributed by atoms with E-state index in [4.69, 9.17) is 9.52 Å². The fourth-order valence-electron chi connectivity index (χ4n) is 1.24. The Hall–Kier alpha value is 0.160. The van der Waals surface area contributed by atoms with E-state index in [-0.39, 0.29) is 6.61 Å². The van der Waals surface area contributed by atoms with Gasteiger partial charge in [-0.1, -0.05) is 6.92 Å². The molecule has 0 fully saturated rings. The van der Waals surface area contributed by atoms with Gasteiger partial charge in [0.25, 0.3) is 0 Å². The lowest BCUT2D eigenvalue weighted by atomic mass is 10.1. The minimum absolute atomic E-state index is 0.251. The van der Waals surface area contributed by atoms with Crippen molar-refractivity contribution in [2.24, 2.45) is 5.92 Å². The second-order valence-electron chi connectivity index (χ2n) is 3.58. The van der Waals surface area contributed by atoms with Gasteiger partial charge in [-0.2, -0.15) is 0 Å². The van der Waals surface area contributed by atoms with Crippen LogP contribution in [0.3, 0.4) is 0 Å². The summed E-state index contributed by atoms with van der Waals surface area (Å²) in [5.74, 6) is 1.38. The first-order chi connectivity index (χ1) is 7.13. The van der Waals surface area contributed by atoms with Gasteiger partial charge in [0.05, 0.1) is 11.0 Å². The third-order valence-corrected chi connectivity index (χ3v) is 3.82. The molecule has 0 radical (unpaired) electrons. The molecule has 1 heterocycles. The fourth-order valence-corrected chi connectivity index (χ4v) is 1.90. The van der Waals surface area contributed by atoms with Crippen molar-refractivity contribution in [2.45, 2.75) is 19.9 Å². The van der Waals surface area contributed by atoms with Crippen molar-refractivity contribution in [3.63, 3.8) is 0 Å². The van der Waals surface area contributed by atoms with E-state index in [0.717, 1.165) is 27.9 Å². The quantitative estimate of drug-likeness (QED) is 0.837. The monoisotopic (exact) mass is 339 g/mol. The van der Waals surface area contributed by atoms with Crippen molar-refractivity contribution < 1.29 is 9.52 Å². The molecule has 5 heteroatoms. The van der Waals surface area contributed by atoms with Gasteiger partial charge in [-0.3, -0.25) is 0 Å². The highest BCUT2D eigenvalue weighted by Crippen LogP contribution is 2.26. The fraction of sp³-hybridized carbons (Fsp3) is 0.600. The Morgan fingerprint density at radius 2 is 2.27 bits per heavy atom. The molecule has 0 aliphatic heterocycles. The summed E-state index contributed by atoms with van der Waals surface area (Å²) >= 11 is 6.65. The molecule has 1 aromatic rings. The van der Waals surface area contributed by atoms with E-state index in [0.29, 0.717) is 12.5 Å². The van der Waals surface area contributed by atoms with Crippen LogP contribution in [0.5, 0.6) is 0 Å². The summed E-state index contributed by atoms with van der Waals surface area (Å²) in [6.45, 7) is 3.95. The molecule has 86 valence electrons. The highest BCUT2D eigenvalue weighted by atomic mass is 79.9. The maximum absolute atomic E-state index is 8.73. The van der Waals surface area contributed by atoms with Crippen molar-refractivity contribution in [2.75, 3.05) is 13.2 Å². The van der Waals surface area contributed by atoms with E-state index >= 15 is 0 Å². The molecule has 0 aliphatic rings. The van der Waals surface area contributed by atoms with Gasteiger partial charge in [0, 0.05) is 6.61 Å². The van der Waals surface area contributed by atoms with Crippen LogP contribution in [0.15, 0.2) is 19.6 Å². The predicted octanol–water partition coefficient (Wildman–Crippen LogP) is 2.91. The van der Waals surface area contributed by atoms with Gasteiger partial charge in [-0.05, 0) is 56.8 Å². The molecular weight excluding hydrogens is 326 g/mol. The van der Waals surface area contributed by atoms with Gasteiger partial charge in [0.2, 0.25) is 0 Å². The minimum Gasteiger partial charge on any atom is -0.452 e. The van der Waals surface area contributed by atoms with Crippen LogP contribution >= 0.6 is 31.9 Å². The third-order valence-electron chi connectivity index (χ3n) is 2.11. The maximum Gasteiger partial charge on any atom is 0.183 e. The summed E-state index contributed by atoms with van der Waals surface area (Å²) in [5.41, 5.74) is 0. The molecule has 15 heavy (non-hydrogen) atoms. The van der Waals surface area contributed by atoms with Crippen LogP contribution in [0, 0.1) is 5.92 Å². The van der Waals surface area contributed by atoms with Gasteiger partial charge in [0.15, 0.2) is 4.67 Å². The molecular formula is C10H15Br2NO2. The van der Waals surface area contributed by atoms with Crippen LogP contribution in [0.4, 0.5) is 0 Å². The van der Waals surface area contributed by atoms with Gasteiger partial charge in [-0.25, -0.2) is 0 Å². The van der Waals surface area contributed by atoms with Gasteiger partial charge < -0.3 is 14.8 Å². The lowest BCUT2D eigenvalue weighted by molar-refractivity contribution is 0.259. The zero-order valence-corrected chi connectivity index (χ0v) is 11.8. The molecule has 1 rings (SSSR count). The van der Waals surface area contributed by atoms with Crippen LogP contribution in [0.25, 0.3) is 0 Å². The average molecular weight is 341 g/mol. The van der Waals surface area contributed by atoms with Gasteiger partial charge in [-0.15, -0.1) is 0 Å². The zero-order chi connectivity index (χ0) is 11.3. The van der Waals surface area contributed by atoms with Gasteiger partial charge in [0.1, 0.15) is 5.76 Å². The highest BCUT2D eigenvalue weighted by molar-refractivity contribution is 9.13. The highest BCUT2D eigenvalue weighted by Gasteiger charge is 2.06. The Labute approximate surface area is 106 Å². The van der Waals surface area contributed by atoms with E-state index in [1.165, 1.54) is 0 Å². The summed E-state index contributed by atoms with van der Waals surface area (Å²) in [7, 11) is 0. The van der Waals surface area contributed by atoms with Crippen molar-refractivity contribution in [3.8, 4) is 0 Å². The summed E-state index contributed by atoms with van der Waals surface area (Å²) in [4.78, 5) is 0. The van der Waals surface area contributed by atoms with Crippen molar-refractivity contribution in [1.82, 2.24) is 5.32 Å². The Morgan fingerprint density at radius 1 is 1.53 bits per heavy atom. The Balaban J connectivity index is 2.25. The molecule has 0 saturated heterocycles. The lowest BCUT2D eigenvalue weighted by Gasteiger charge is -2.09. The van der Waals surface area contributed by atoms with Crippen molar-refractivity contribution in [3.05, 3.63) is 21.0 Å². The van der Waals surface area contributed by atoms with E-state index in [9.17, 15) is 0 Å². The summed E-state index contributed by atoms with van der Waals surface area (Å²) in [5, 5.41) is 12.0. The lowest BCUT2D eigenvalue weighted by Crippen LogP contribution is -2.21. The van der Waals surface area contributed by atoms with Crippen LogP contribution in [0.2, 0.25) is 0 Å². The van der Waals surface area contributed by atoms with E-state index in [1.54, 1.807) is 0 Å². The molecule has 0 bridgehead atoms. The maximum atomic E-state index is 8.73. The molecule has 0 spiro atoms. The van der Waals surface area contributed by atoms with Crippen LogP contribution in [-0.2, 0) is 6.54 Å². The first kappa shape index (κ1) is 13.2. The molecule has 3 nitrogen and oxygen atoms in total. The number of aliphatic hydroxyl groups is 1. The number of rotatable bonds is 6. The van der Waals surface area contributed by atoms with Gasteiger partial charge >= 0.3 is 0 Å². The molecule has 0 amide bonds. The summed E-state index contributed by atoms with van der Waals surface area (Å²) in [6, 6.07) is 1.94. The number of furan rings is 1. The molecule has 2 N–H and O–H groups in total. The third kappa shape index (κ3) is 4.68.